The van der Waals surface area contributed by atoms with E-state index in [0.717, 1.165) is 11.2 Å². The first-order valence-corrected chi connectivity index (χ1v) is 10.3. The number of benzene rings is 1. The maximum Gasteiger partial charge on any atom is 0.261 e. The molecule has 9 heteroatoms. The summed E-state index contributed by atoms with van der Waals surface area (Å²) < 4.78 is 24.6. The molecular formula is C17H21N3O5S. The van der Waals surface area contributed by atoms with E-state index in [0.29, 0.717) is 37.2 Å². The topological polar surface area (TPSA) is 95.1 Å². The van der Waals surface area contributed by atoms with Gasteiger partial charge < -0.3 is 4.90 Å². The molecule has 0 unspecified atom stereocenters. The molecule has 1 aromatic carbocycles. The van der Waals surface area contributed by atoms with Crippen molar-refractivity contribution >= 4 is 27.7 Å². The molecule has 3 amide bonds. The molecule has 2 aliphatic rings. The van der Waals surface area contributed by atoms with E-state index in [4.69, 9.17) is 0 Å². The third-order valence-electron chi connectivity index (χ3n) is 4.70. The Morgan fingerprint density at radius 2 is 1.62 bits per heavy atom. The Hall–Kier alpha value is -2.26. The Morgan fingerprint density at radius 1 is 1.00 bits per heavy atom. The van der Waals surface area contributed by atoms with Gasteiger partial charge in [0.15, 0.2) is 0 Å². The molecular weight excluding hydrogens is 358 g/mol. The van der Waals surface area contributed by atoms with Gasteiger partial charge in [-0.05, 0) is 18.6 Å². The number of amides is 3. The lowest BCUT2D eigenvalue weighted by Gasteiger charge is -2.22. The quantitative estimate of drug-likeness (QED) is 0.695. The van der Waals surface area contributed by atoms with E-state index >= 15 is 0 Å². The zero-order chi connectivity index (χ0) is 18.9. The highest BCUT2D eigenvalue weighted by Crippen LogP contribution is 2.22. The highest BCUT2D eigenvalue weighted by molar-refractivity contribution is 7.88. The van der Waals surface area contributed by atoms with Crippen LogP contribution in [0.1, 0.15) is 33.6 Å². The second-order valence-corrected chi connectivity index (χ2v) is 8.44. The average Bonchev–Trinajstić information content (AvgIpc) is 2.78. The van der Waals surface area contributed by atoms with Gasteiger partial charge in [-0.15, -0.1) is 0 Å². The SMILES string of the molecule is CS(=O)(=O)N1CCCN(C(=O)CCN2C(=O)c3ccccc3C2=O)CC1. The fourth-order valence-electron chi connectivity index (χ4n) is 3.28. The Morgan fingerprint density at radius 3 is 2.19 bits per heavy atom. The summed E-state index contributed by atoms with van der Waals surface area (Å²) in [6.45, 7) is 1.46. The molecule has 1 aromatic rings. The van der Waals surface area contributed by atoms with Crippen molar-refractivity contribution in [3.8, 4) is 0 Å². The fourth-order valence-corrected chi connectivity index (χ4v) is 4.16. The molecule has 0 radical (unpaired) electrons. The number of nitrogens with zero attached hydrogens (tertiary/aromatic N) is 3. The first-order chi connectivity index (χ1) is 12.3. The van der Waals surface area contributed by atoms with Crippen molar-refractivity contribution in [2.24, 2.45) is 0 Å². The smallest absolute Gasteiger partial charge is 0.261 e. The Bertz CT molecular complexity index is 817. The molecule has 3 rings (SSSR count). The number of hydrogen-bond donors (Lipinski definition) is 0. The van der Waals surface area contributed by atoms with Crippen LogP contribution in [0.3, 0.4) is 0 Å². The Labute approximate surface area is 152 Å². The molecule has 8 nitrogen and oxygen atoms in total. The molecule has 0 spiro atoms. The highest BCUT2D eigenvalue weighted by Gasteiger charge is 2.35. The lowest BCUT2D eigenvalue weighted by molar-refractivity contribution is -0.131. The van der Waals surface area contributed by atoms with E-state index in [2.05, 4.69) is 0 Å². The fraction of sp³-hybridized carbons (Fsp3) is 0.471. The van der Waals surface area contributed by atoms with Crippen LogP contribution >= 0.6 is 0 Å². The van der Waals surface area contributed by atoms with Gasteiger partial charge in [0.1, 0.15) is 0 Å². The van der Waals surface area contributed by atoms with Crippen LogP contribution in [0.15, 0.2) is 24.3 Å². The van der Waals surface area contributed by atoms with Crippen molar-refractivity contribution in [2.45, 2.75) is 12.8 Å². The molecule has 0 aliphatic carbocycles. The summed E-state index contributed by atoms with van der Waals surface area (Å²) in [4.78, 5) is 39.8. The number of hydrogen-bond acceptors (Lipinski definition) is 5. The van der Waals surface area contributed by atoms with Crippen LogP contribution in [0.5, 0.6) is 0 Å². The largest absolute Gasteiger partial charge is 0.341 e. The summed E-state index contributed by atoms with van der Waals surface area (Å²) >= 11 is 0. The van der Waals surface area contributed by atoms with Crippen molar-refractivity contribution in [3.05, 3.63) is 35.4 Å². The first-order valence-electron chi connectivity index (χ1n) is 8.47. The normalized spacial score (nSPS) is 18.8. The molecule has 0 atom stereocenters. The van der Waals surface area contributed by atoms with Gasteiger partial charge in [-0.2, -0.15) is 0 Å². The molecule has 2 aliphatic heterocycles. The minimum atomic E-state index is -3.27. The van der Waals surface area contributed by atoms with Gasteiger partial charge in [-0.1, -0.05) is 12.1 Å². The zero-order valence-corrected chi connectivity index (χ0v) is 15.4. The predicted molar refractivity (Wildman–Crippen MR) is 94.0 cm³/mol. The summed E-state index contributed by atoms with van der Waals surface area (Å²) in [5.74, 6) is -0.938. The van der Waals surface area contributed by atoms with Crippen molar-refractivity contribution < 1.29 is 22.8 Å². The van der Waals surface area contributed by atoms with Crippen LogP contribution < -0.4 is 0 Å². The third-order valence-corrected chi connectivity index (χ3v) is 6.01. The highest BCUT2D eigenvalue weighted by atomic mass is 32.2. The summed E-state index contributed by atoms with van der Waals surface area (Å²) in [7, 11) is -3.27. The monoisotopic (exact) mass is 379 g/mol. The predicted octanol–water partition coefficient (Wildman–Crippen LogP) is 0.167. The van der Waals surface area contributed by atoms with Gasteiger partial charge >= 0.3 is 0 Å². The molecule has 0 bridgehead atoms. The van der Waals surface area contributed by atoms with E-state index in [9.17, 15) is 22.8 Å². The molecule has 1 saturated heterocycles. The maximum absolute atomic E-state index is 12.5. The van der Waals surface area contributed by atoms with Gasteiger partial charge in [0, 0.05) is 39.1 Å². The number of imide groups is 1. The van der Waals surface area contributed by atoms with E-state index in [1.54, 1.807) is 29.2 Å². The molecule has 140 valence electrons. The van der Waals surface area contributed by atoms with E-state index in [1.807, 2.05) is 0 Å². The molecule has 0 aromatic heterocycles. The van der Waals surface area contributed by atoms with Gasteiger partial charge in [-0.3, -0.25) is 19.3 Å². The minimum Gasteiger partial charge on any atom is -0.341 e. The Kier molecular flexibility index (Phi) is 5.10. The minimum absolute atomic E-state index is 0.0253. The molecule has 0 saturated carbocycles. The standard InChI is InChI=1S/C17H21N3O5S/c1-26(24,25)19-9-4-8-18(11-12-19)15(21)7-10-20-16(22)13-5-2-3-6-14(13)17(20)23/h2-3,5-6H,4,7-12H2,1H3. The zero-order valence-electron chi connectivity index (χ0n) is 14.6. The molecule has 26 heavy (non-hydrogen) atoms. The van der Waals surface area contributed by atoms with Gasteiger partial charge in [0.05, 0.1) is 17.4 Å². The second kappa shape index (κ2) is 7.16. The second-order valence-electron chi connectivity index (χ2n) is 6.45. The first kappa shape index (κ1) is 18.5. The van der Waals surface area contributed by atoms with Crippen molar-refractivity contribution in [3.63, 3.8) is 0 Å². The van der Waals surface area contributed by atoms with E-state index in [-0.39, 0.29) is 37.2 Å². The lowest BCUT2D eigenvalue weighted by atomic mass is 10.1. The summed E-state index contributed by atoms with van der Waals surface area (Å²) in [6, 6.07) is 6.60. The Balaban J connectivity index is 1.58. The number of rotatable bonds is 4. The average molecular weight is 379 g/mol. The lowest BCUT2D eigenvalue weighted by Crippen LogP contribution is -2.39. The number of sulfonamides is 1. The molecule has 2 heterocycles. The van der Waals surface area contributed by atoms with Crippen molar-refractivity contribution in [1.29, 1.82) is 0 Å². The summed E-state index contributed by atoms with van der Waals surface area (Å²) in [5, 5.41) is 0. The third kappa shape index (κ3) is 3.63. The number of carbonyl (C=O) groups is 3. The van der Waals surface area contributed by atoms with E-state index in [1.165, 1.54) is 4.31 Å². The maximum atomic E-state index is 12.5. The van der Waals surface area contributed by atoms with Crippen LogP contribution in [0.25, 0.3) is 0 Å². The van der Waals surface area contributed by atoms with E-state index < -0.39 is 10.0 Å². The van der Waals surface area contributed by atoms with Gasteiger partial charge in [0.25, 0.3) is 11.8 Å². The summed E-state index contributed by atoms with van der Waals surface area (Å²) in [6.07, 6.45) is 1.75. The molecule has 1 fully saturated rings. The molecule has 0 N–H and O–H groups in total. The van der Waals surface area contributed by atoms with Crippen LogP contribution in [0.4, 0.5) is 0 Å². The number of carbonyl (C=O) groups excluding carboxylic acids is 3. The van der Waals surface area contributed by atoms with Gasteiger partial charge in [0.2, 0.25) is 15.9 Å². The number of fused-ring (bicyclic) bond motifs is 1. The van der Waals surface area contributed by atoms with Crippen LogP contribution in [0, 0.1) is 0 Å². The van der Waals surface area contributed by atoms with Crippen molar-refractivity contribution in [2.75, 3.05) is 39.0 Å². The van der Waals surface area contributed by atoms with Crippen LogP contribution in [0.2, 0.25) is 0 Å². The summed E-state index contributed by atoms with van der Waals surface area (Å²) in [5.41, 5.74) is 0.729. The van der Waals surface area contributed by atoms with Crippen LogP contribution in [-0.2, 0) is 14.8 Å². The van der Waals surface area contributed by atoms with Crippen LogP contribution in [-0.4, -0.2) is 79.2 Å². The van der Waals surface area contributed by atoms with Crippen molar-refractivity contribution in [1.82, 2.24) is 14.1 Å². The van der Waals surface area contributed by atoms with Gasteiger partial charge in [-0.25, -0.2) is 12.7 Å².